The van der Waals surface area contributed by atoms with E-state index in [0.717, 1.165) is 0 Å². The van der Waals surface area contributed by atoms with E-state index in [-0.39, 0.29) is 0 Å². The molecule has 11 heavy (non-hydrogen) atoms. The van der Waals surface area contributed by atoms with Crippen molar-refractivity contribution < 1.29 is 0 Å². The van der Waals surface area contributed by atoms with Crippen LogP contribution in [0, 0.1) is 6.92 Å². The van der Waals surface area contributed by atoms with Crippen molar-refractivity contribution >= 4 is 6.08 Å². The van der Waals surface area contributed by atoms with Crippen LogP contribution in [0.4, 0.5) is 0 Å². The van der Waals surface area contributed by atoms with Gasteiger partial charge >= 0.3 is 0 Å². The molecule has 0 saturated carbocycles. The van der Waals surface area contributed by atoms with Crippen molar-refractivity contribution in [3.8, 4) is 0 Å². The fourth-order valence-corrected chi connectivity index (χ4v) is 0.947. The third kappa shape index (κ3) is 2.11. The highest BCUT2D eigenvalue weighted by molar-refractivity contribution is 5.52. The second-order valence-electron chi connectivity index (χ2n) is 2.48. The summed E-state index contributed by atoms with van der Waals surface area (Å²) >= 11 is 0. The fraction of sp³-hybridized carbons (Fsp3) is 0.200. The van der Waals surface area contributed by atoms with E-state index in [2.05, 4.69) is 30.4 Å². The lowest BCUT2D eigenvalue weighted by Gasteiger charge is -1.97. The topological polar surface area (TPSA) is 12.0 Å². The van der Waals surface area contributed by atoms with Crippen LogP contribution >= 0.6 is 0 Å². The molecule has 1 aromatic rings. The summed E-state index contributed by atoms with van der Waals surface area (Å²) in [6, 6.07) is 8.30. The second-order valence-corrected chi connectivity index (χ2v) is 2.48. The van der Waals surface area contributed by atoms with Crippen molar-refractivity contribution in [2.75, 3.05) is 7.05 Å². The van der Waals surface area contributed by atoms with Gasteiger partial charge in [-0.05, 0) is 30.3 Å². The van der Waals surface area contributed by atoms with Crippen LogP contribution in [-0.4, -0.2) is 7.05 Å². The number of aryl methyl sites for hydroxylation is 1. The Balaban J connectivity index is 2.86. The Morgan fingerprint density at radius 3 is 2.64 bits per heavy atom. The molecule has 58 valence electrons. The Labute approximate surface area is 67.8 Å². The maximum atomic E-state index is 2.96. The summed E-state index contributed by atoms with van der Waals surface area (Å²) in [5.74, 6) is 0. The zero-order valence-corrected chi connectivity index (χ0v) is 6.96. The molecule has 1 heteroatoms. The summed E-state index contributed by atoms with van der Waals surface area (Å²) in [4.78, 5) is 0. The van der Waals surface area contributed by atoms with Gasteiger partial charge in [-0.15, -0.1) is 0 Å². The highest BCUT2D eigenvalue weighted by Gasteiger charge is 1.88. The van der Waals surface area contributed by atoms with Crippen molar-refractivity contribution in [1.29, 1.82) is 0 Å². The normalized spacial score (nSPS) is 10.4. The molecule has 0 aliphatic rings. The lowest BCUT2D eigenvalue weighted by molar-refractivity contribution is 1.11. The van der Waals surface area contributed by atoms with E-state index in [0.29, 0.717) is 0 Å². The van der Waals surface area contributed by atoms with Crippen LogP contribution in [-0.2, 0) is 0 Å². The van der Waals surface area contributed by atoms with Gasteiger partial charge in [0.15, 0.2) is 0 Å². The van der Waals surface area contributed by atoms with Gasteiger partial charge in [0.05, 0.1) is 0 Å². The largest absolute Gasteiger partial charge is 0.394 e. The Morgan fingerprint density at radius 2 is 2.00 bits per heavy atom. The van der Waals surface area contributed by atoms with Gasteiger partial charge in [0.2, 0.25) is 0 Å². The molecular weight excluding hydrogens is 134 g/mol. The molecule has 0 radical (unpaired) electrons. The smallest absolute Gasteiger partial charge is 0.00277 e. The zero-order valence-electron chi connectivity index (χ0n) is 6.96. The molecule has 0 amide bonds. The van der Waals surface area contributed by atoms with E-state index in [1.165, 1.54) is 11.1 Å². The third-order valence-corrected chi connectivity index (χ3v) is 1.62. The number of rotatable bonds is 2. The summed E-state index contributed by atoms with van der Waals surface area (Å²) in [5.41, 5.74) is 2.57. The first kappa shape index (κ1) is 7.86. The van der Waals surface area contributed by atoms with Crippen LogP contribution in [0.1, 0.15) is 11.1 Å². The van der Waals surface area contributed by atoms with Crippen molar-refractivity contribution in [1.82, 2.24) is 5.32 Å². The van der Waals surface area contributed by atoms with E-state index in [1.807, 2.05) is 25.4 Å². The van der Waals surface area contributed by atoms with Gasteiger partial charge in [-0.25, -0.2) is 0 Å². The molecule has 1 N–H and O–H groups in total. The Kier molecular flexibility index (Phi) is 2.73. The fourth-order valence-electron chi connectivity index (χ4n) is 0.947. The maximum absolute atomic E-state index is 2.96. The van der Waals surface area contributed by atoms with Crippen LogP contribution in [0.5, 0.6) is 0 Å². The summed E-state index contributed by atoms with van der Waals surface area (Å²) in [7, 11) is 1.90. The first-order valence-electron chi connectivity index (χ1n) is 3.74. The van der Waals surface area contributed by atoms with Crippen molar-refractivity contribution in [2.45, 2.75) is 6.92 Å². The molecule has 1 rings (SSSR count). The lowest BCUT2D eigenvalue weighted by atomic mass is 10.1. The van der Waals surface area contributed by atoms with Crippen LogP contribution in [0.15, 0.2) is 30.5 Å². The Morgan fingerprint density at radius 1 is 1.27 bits per heavy atom. The molecule has 1 aromatic carbocycles. The van der Waals surface area contributed by atoms with Gasteiger partial charge in [-0.3, -0.25) is 0 Å². The number of benzene rings is 1. The highest BCUT2D eigenvalue weighted by atomic mass is 14.8. The molecule has 0 aliphatic carbocycles. The van der Waals surface area contributed by atoms with Crippen molar-refractivity contribution in [2.24, 2.45) is 0 Å². The summed E-state index contributed by atoms with van der Waals surface area (Å²) < 4.78 is 0. The van der Waals surface area contributed by atoms with E-state index in [4.69, 9.17) is 0 Å². The number of nitrogens with one attached hydrogen (secondary N) is 1. The molecule has 0 aliphatic heterocycles. The van der Waals surface area contributed by atoms with Crippen molar-refractivity contribution in [3.63, 3.8) is 0 Å². The van der Waals surface area contributed by atoms with E-state index >= 15 is 0 Å². The predicted octanol–water partition coefficient (Wildman–Crippen LogP) is 2.19. The first-order chi connectivity index (χ1) is 5.34. The molecule has 0 atom stereocenters. The van der Waals surface area contributed by atoms with E-state index in [9.17, 15) is 0 Å². The van der Waals surface area contributed by atoms with Crippen LogP contribution in [0.25, 0.3) is 6.08 Å². The van der Waals surface area contributed by atoms with Gasteiger partial charge in [-0.2, -0.15) is 0 Å². The molecule has 0 fully saturated rings. The minimum atomic E-state index is 1.27. The Bertz CT molecular complexity index is 251. The molecular formula is C10H13N. The third-order valence-electron chi connectivity index (χ3n) is 1.62. The van der Waals surface area contributed by atoms with Gasteiger partial charge < -0.3 is 5.32 Å². The number of hydrogen-bond acceptors (Lipinski definition) is 1. The van der Waals surface area contributed by atoms with Crippen molar-refractivity contribution in [3.05, 3.63) is 41.6 Å². The van der Waals surface area contributed by atoms with Gasteiger partial charge in [0.1, 0.15) is 0 Å². The minimum Gasteiger partial charge on any atom is -0.394 e. The minimum absolute atomic E-state index is 1.27. The average Bonchev–Trinajstić information content (AvgIpc) is 2.03. The molecule has 1 nitrogen and oxygen atoms in total. The summed E-state index contributed by atoms with van der Waals surface area (Å²) in [6.45, 7) is 2.11. The molecule has 0 saturated heterocycles. The van der Waals surface area contributed by atoms with Crippen LogP contribution in [0.2, 0.25) is 0 Å². The summed E-state index contributed by atoms with van der Waals surface area (Å²) in [5, 5.41) is 2.96. The van der Waals surface area contributed by atoms with Crippen LogP contribution < -0.4 is 5.32 Å². The van der Waals surface area contributed by atoms with E-state index in [1.54, 1.807) is 0 Å². The second kappa shape index (κ2) is 3.81. The molecule has 0 spiro atoms. The van der Waals surface area contributed by atoms with Gasteiger partial charge in [0, 0.05) is 7.05 Å². The standard InChI is InChI=1S/C10H13N/c1-9-5-3-4-6-10(9)7-8-11-2/h3-8,11H,1-2H3/b8-7-. The molecule has 0 unspecified atom stereocenters. The SMILES string of the molecule is CN/C=C\c1ccccc1C. The molecule has 0 aromatic heterocycles. The number of hydrogen-bond donors (Lipinski definition) is 1. The molecule has 0 bridgehead atoms. The van der Waals surface area contributed by atoms with E-state index < -0.39 is 0 Å². The van der Waals surface area contributed by atoms with Gasteiger partial charge in [0.25, 0.3) is 0 Å². The monoisotopic (exact) mass is 147 g/mol. The van der Waals surface area contributed by atoms with Gasteiger partial charge in [-0.1, -0.05) is 24.3 Å². The highest BCUT2D eigenvalue weighted by Crippen LogP contribution is 2.07. The zero-order chi connectivity index (χ0) is 8.10. The first-order valence-corrected chi connectivity index (χ1v) is 3.74. The Hall–Kier alpha value is -1.24. The predicted molar refractivity (Wildman–Crippen MR) is 49.3 cm³/mol. The lowest BCUT2D eigenvalue weighted by Crippen LogP contribution is -1.91. The summed E-state index contributed by atoms with van der Waals surface area (Å²) in [6.07, 6.45) is 4.00. The average molecular weight is 147 g/mol. The molecule has 0 heterocycles. The van der Waals surface area contributed by atoms with Crippen LogP contribution in [0.3, 0.4) is 0 Å². The quantitative estimate of drug-likeness (QED) is 0.676. The maximum Gasteiger partial charge on any atom is 0.00277 e.